The van der Waals surface area contributed by atoms with Crippen LogP contribution < -0.4 is 0 Å². The molecule has 0 atom stereocenters. The monoisotopic (exact) mass is 361 g/mol. The lowest BCUT2D eigenvalue weighted by Gasteiger charge is -2.10. The summed E-state index contributed by atoms with van der Waals surface area (Å²) in [6, 6.07) is 6.07. The third-order valence-electron chi connectivity index (χ3n) is 3.81. The molecule has 25 heavy (non-hydrogen) atoms. The highest BCUT2D eigenvalue weighted by Gasteiger charge is 2.19. The van der Waals surface area contributed by atoms with E-state index < -0.39 is 11.8 Å². The highest BCUT2D eigenvalue weighted by atomic mass is 35.5. The summed E-state index contributed by atoms with van der Waals surface area (Å²) in [5, 5.41) is 5.11. The molecular formula is C18H17ClFN3O2. The van der Waals surface area contributed by atoms with Gasteiger partial charge in [0.1, 0.15) is 12.4 Å². The summed E-state index contributed by atoms with van der Waals surface area (Å²) >= 11 is 5.96. The van der Waals surface area contributed by atoms with Crippen molar-refractivity contribution in [2.75, 3.05) is 0 Å². The van der Waals surface area contributed by atoms with E-state index >= 15 is 0 Å². The maximum atomic E-state index is 13.8. The Bertz CT molecular complexity index is 933. The maximum absolute atomic E-state index is 13.8. The minimum atomic E-state index is -0.571. The molecule has 1 aromatic carbocycles. The number of carbonyl (C=O) groups excluding carboxylic acids is 1. The number of aryl methyl sites for hydroxylation is 1. The number of carbonyl (C=O) groups is 1. The molecule has 0 saturated heterocycles. The normalized spacial score (nSPS) is 11.3. The van der Waals surface area contributed by atoms with Gasteiger partial charge >= 0.3 is 5.97 Å². The smallest absolute Gasteiger partial charge is 0.339 e. The number of hydrogen-bond acceptors (Lipinski definition) is 4. The molecule has 0 radical (unpaired) electrons. The van der Waals surface area contributed by atoms with E-state index in [-0.39, 0.29) is 23.2 Å². The van der Waals surface area contributed by atoms with Crippen molar-refractivity contribution >= 4 is 28.6 Å². The summed E-state index contributed by atoms with van der Waals surface area (Å²) in [6.07, 6.45) is 1.59. The number of rotatable bonds is 4. The van der Waals surface area contributed by atoms with Crippen molar-refractivity contribution in [2.45, 2.75) is 33.4 Å². The molecule has 0 aliphatic carbocycles. The van der Waals surface area contributed by atoms with E-state index in [2.05, 4.69) is 10.1 Å². The van der Waals surface area contributed by atoms with Gasteiger partial charge in [-0.25, -0.2) is 18.9 Å². The first kappa shape index (κ1) is 17.4. The molecule has 2 heterocycles. The van der Waals surface area contributed by atoms with Crippen molar-refractivity contribution in [1.82, 2.24) is 14.8 Å². The summed E-state index contributed by atoms with van der Waals surface area (Å²) in [4.78, 5) is 17.0. The van der Waals surface area contributed by atoms with E-state index in [1.165, 1.54) is 12.1 Å². The fraction of sp³-hybridized carbons (Fsp3) is 0.278. The first-order valence-corrected chi connectivity index (χ1v) is 8.21. The highest BCUT2D eigenvalue weighted by Crippen LogP contribution is 2.24. The van der Waals surface area contributed by atoms with E-state index in [1.807, 2.05) is 13.8 Å². The molecule has 0 aliphatic rings. The van der Waals surface area contributed by atoms with Crippen LogP contribution in [-0.2, 0) is 11.3 Å². The number of ether oxygens (including phenoxy) is 1. The Morgan fingerprint density at radius 2 is 2.16 bits per heavy atom. The maximum Gasteiger partial charge on any atom is 0.339 e. The Hall–Kier alpha value is -2.47. The van der Waals surface area contributed by atoms with Crippen molar-refractivity contribution in [3.63, 3.8) is 0 Å². The average molecular weight is 362 g/mol. The van der Waals surface area contributed by atoms with Gasteiger partial charge in [0.2, 0.25) is 0 Å². The topological polar surface area (TPSA) is 57.0 Å². The van der Waals surface area contributed by atoms with Crippen LogP contribution in [0.15, 0.2) is 30.5 Å². The van der Waals surface area contributed by atoms with E-state index in [0.717, 1.165) is 0 Å². The van der Waals surface area contributed by atoms with Gasteiger partial charge in [-0.2, -0.15) is 5.10 Å². The fourth-order valence-electron chi connectivity index (χ4n) is 2.58. The van der Waals surface area contributed by atoms with E-state index in [0.29, 0.717) is 22.3 Å². The quantitative estimate of drug-likeness (QED) is 0.643. The third kappa shape index (κ3) is 3.35. The van der Waals surface area contributed by atoms with Crippen molar-refractivity contribution in [2.24, 2.45) is 0 Å². The lowest BCUT2D eigenvalue weighted by atomic mass is 10.1. The predicted molar refractivity (Wildman–Crippen MR) is 93.2 cm³/mol. The average Bonchev–Trinajstić information content (AvgIpc) is 2.97. The van der Waals surface area contributed by atoms with Crippen molar-refractivity contribution < 1.29 is 13.9 Å². The number of pyridine rings is 1. The van der Waals surface area contributed by atoms with Crippen molar-refractivity contribution in [3.05, 3.63) is 58.1 Å². The molecule has 0 N–H and O–H groups in total. The van der Waals surface area contributed by atoms with E-state index in [1.54, 1.807) is 29.9 Å². The van der Waals surface area contributed by atoms with Crippen LogP contribution in [0.25, 0.3) is 11.0 Å². The summed E-state index contributed by atoms with van der Waals surface area (Å²) in [6.45, 7) is 5.51. The second kappa shape index (κ2) is 6.80. The summed E-state index contributed by atoms with van der Waals surface area (Å²) in [7, 11) is 0. The summed E-state index contributed by atoms with van der Waals surface area (Å²) < 4.78 is 20.8. The van der Waals surface area contributed by atoms with Gasteiger partial charge < -0.3 is 4.74 Å². The SMILES string of the molecule is Cc1cc(C(=O)OCc2c(F)cccc2Cl)c2cnn(C(C)C)c2n1. The molecule has 5 nitrogen and oxygen atoms in total. The zero-order chi connectivity index (χ0) is 18.1. The van der Waals surface area contributed by atoms with Gasteiger partial charge in [0.05, 0.1) is 22.2 Å². The lowest BCUT2D eigenvalue weighted by Crippen LogP contribution is -2.09. The zero-order valence-corrected chi connectivity index (χ0v) is 14.8. The minimum absolute atomic E-state index is 0.105. The second-order valence-electron chi connectivity index (χ2n) is 6.01. The van der Waals surface area contributed by atoms with Gasteiger partial charge in [0.15, 0.2) is 5.65 Å². The third-order valence-corrected chi connectivity index (χ3v) is 4.17. The Balaban J connectivity index is 1.92. The summed E-state index contributed by atoms with van der Waals surface area (Å²) in [5.41, 5.74) is 1.79. The van der Waals surface area contributed by atoms with Crippen LogP contribution in [0.1, 0.15) is 41.5 Å². The molecule has 7 heteroatoms. The van der Waals surface area contributed by atoms with Gasteiger partial charge in [-0.3, -0.25) is 0 Å². The Kier molecular flexibility index (Phi) is 4.72. The Morgan fingerprint density at radius 1 is 1.40 bits per heavy atom. The molecule has 0 saturated carbocycles. The molecule has 0 spiro atoms. The molecule has 2 aromatic heterocycles. The largest absolute Gasteiger partial charge is 0.457 e. The van der Waals surface area contributed by atoms with Crippen LogP contribution in [0.5, 0.6) is 0 Å². The minimum Gasteiger partial charge on any atom is -0.457 e. The zero-order valence-electron chi connectivity index (χ0n) is 14.1. The van der Waals surface area contributed by atoms with Crippen molar-refractivity contribution in [3.8, 4) is 0 Å². The fourth-order valence-corrected chi connectivity index (χ4v) is 2.79. The molecular weight excluding hydrogens is 345 g/mol. The molecule has 0 unspecified atom stereocenters. The number of fused-ring (bicyclic) bond motifs is 1. The number of esters is 1. The molecule has 130 valence electrons. The predicted octanol–water partition coefficient (Wildman–Crippen LogP) is 4.47. The Labute approximate surface area is 149 Å². The lowest BCUT2D eigenvalue weighted by molar-refractivity contribution is 0.0471. The molecule has 0 amide bonds. The van der Waals surface area contributed by atoms with Crippen LogP contribution in [0, 0.1) is 12.7 Å². The number of benzene rings is 1. The van der Waals surface area contributed by atoms with Crippen LogP contribution in [0.3, 0.4) is 0 Å². The molecule has 0 fully saturated rings. The van der Waals surface area contributed by atoms with Gasteiger partial charge in [0.25, 0.3) is 0 Å². The highest BCUT2D eigenvalue weighted by molar-refractivity contribution is 6.31. The van der Waals surface area contributed by atoms with Crippen molar-refractivity contribution in [1.29, 1.82) is 0 Å². The van der Waals surface area contributed by atoms with Gasteiger partial charge in [0, 0.05) is 17.3 Å². The van der Waals surface area contributed by atoms with Crippen LogP contribution in [0.2, 0.25) is 5.02 Å². The van der Waals surface area contributed by atoms with Gasteiger partial charge in [-0.1, -0.05) is 17.7 Å². The molecule has 0 aliphatic heterocycles. The molecule has 3 rings (SSSR count). The van der Waals surface area contributed by atoms with Crippen LogP contribution >= 0.6 is 11.6 Å². The number of halogens is 2. The standard InChI is InChI=1S/C18H17ClFN3O2/c1-10(2)23-17-13(8-21-23)12(7-11(3)22-17)18(24)25-9-14-15(19)5-4-6-16(14)20/h4-8,10H,9H2,1-3H3. The second-order valence-corrected chi connectivity index (χ2v) is 6.41. The number of nitrogens with zero attached hydrogens (tertiary/aromatic N) is 3. The summed E-state index contributed by atoms with van der Waals surface area (Å²) in [5.74, 6) is -1.08. The van der Waals surface area contributed by atoms with E-state index in [4.69, 9.17) is 16.3 Å². The van der Waals surface area contributed by atoms with Crippen LogP contribution in [0.4, 0.5) is 4.39 Å². The van der Waals surface area contributed by atoms with Gasteiger partial charge in [-0.15, -0.1) is 0 Å². The number of aromatic nitrogens is 3. The molecule has 0 bridgehead atoms. The first-order valence-electron chi connectivity index (χ1n) is 7.83. The van der Waals surface area contributed by atoms with E-state index in [9.17, 15) is 9.18 Å². The van der Waals surface area contributed by atoms with Crippen LogP contribution in [-0.4, -0.2) is 20.7 Å². The number of hydrogen-bond donors (Lipinski definition) is 0. The Morgan fingerprint density at radius 3 is 2.84 bits per heavy atom. The first-order chi connectivity index (χ1) is 11.9. The van der Waals surface area contributed by atoms with Gasteiger partial charge in [-0.05, 0) is 39.0 Å². The molecule has 3 aromatic rings.